The van der Waals surface area contributed by atoms with E-state index in [4.69, 9.17) is 4.74 Å². The number of aliphatic hydroxyl groups is 1. The Morgan fingerprint density at radius 3 is 2.68 bits per heavy atom. The molecule has 4 heteroatoms. The van der Waals surface area contributed by atoms with E-state index < -0.39 is 5.60 Å². The van der Waals surface area contributed by atoms with Crippen LogP contribution in [-0.2, 0) is 5.60 Å². The first-order chi connectivity index (χ1) is 13.4. The summed E-state index contributed by atoms with van der Waals surface area (Å²) >= 11 is 0. The molecule has 0 radical (unpaired) electrons. The van der Waals surface area contributed by atoms with Crippen LogP contribution in [0.15, 0.2) is 54.1 Å². The van der Waals surface area contributed by atoms with Crippen molar-refractivity contribution in [1.29, 1.82) is 0 Å². The lowest BCUT2D eigenvalue weighted by Gasteiger charge is -2.39. The molecule has 1 fully saturated rings. The maximum absolute atomic E-state index is 14.1. The van der Waals surface area contributed by atoms with Gasteiger partial charge in [-0.3, -0.25) is 0 Å². The van der Waals surface area contributed by atoms with E-state index in [1.165, 1.54) is 12.1 Å². The van der Waals surface area contributed by atoms with Gasteiger partial charge >= 0.3 is 0 Å². The zero-order valence-corrected chi connectivity index (χ0v) is 17.0. The summed E-state index contributed by atoms with van der Waals surface area (Å²) < 4.78 is 19.4. The predicted molar refractivity (Wildman–Crippen MR) is 112 cm³/mol. The Hall–Kier alpha value is -2.17. The third-order valence-corrected chi connectivity index (χ3v) is 5.61. The number of ether oxygens (including phenoxy) is 1. The Morgan fingerprint density at radius 1 is 1.18 bits per heavy atom. The second kappa shape index (κ2) is 8.89. The minimum atomic E-state index is -1.20. The molecule has 0 heterocycles. The number of methoxy groups -OCH3 is 1. The topological polar surface area (TPSA) is 32.7 Å². The van der Waals surface area contributed by atoms with E-state index in [1.54, 1.807) is 13.2 Å². The lowest BCUT2D eigenvalue weighted by molar-refractivity contribution is 0.000250. The van der Waals surface area contributed by atoms with Gasteiger partial charge in [0.1, 0.15) is 17.2 Å². The summed E-state index contributed by atoms with van der Waals surface area (Å²) in [6.45, 7) is 0.739. The fraction of sp³-hybridized carbons (Fsp3) is 0.417. The van der Waals surface area contributed by atoms with E-state index in [2.05, 4.69) is 11.0 Å². The molecular formula is C24H30FNO2. The molecule has 2 atom stereocenters. The summed E-state index contributed by atoms with van der Waals surface area (Å²) in [6, 6.07) is 14.3. The van der Waals surface area contributed by atoms with Crippen LogP contribution < -0.4 is 4.74 Å². The number of halogens is 1. The summed E-state index contributed by atoms with van der Waals surface area (Å²) in [4.78, 5) is 2.10. The lowest BCUT2D eigenvalue weighted by Crippen LogP contribution is -2.41. The second-order valence-corrected chi connectivity index (χ2v) is 7.93. The third kappa shape index (κ3) is 4.45. The zero-order chi connectivity index (χ0) is 20.1. The number of nitrogens with zero attached hydrogens (tertiary/aromatic N) is 1. The van der Waals surface area contributed by atoms with Crippen molar-refractivity contribution in [2.24, 2.45) is 5.92 Å². The quantitative estimate of drug-likeness (QED) is 0.749. The van der Waals surface area contributed by atoms with Crippen molar-refractivity contribution in [2.75, 3.05) is 27.7 Å². The van der Waals surface area contributed by atoms with Gasteiger partial charge in [-0.1, -0.05) is 36.8 Å². The van der Waals surface area contributed by atoms with E-state index >= 15 is 0 Å². The highest BCUT2D eigenvalue weighted by Crippen LogP contribution is 2.45. The molecule has 1 N–H and O–H groups in total. The van der Waals surface area contributed by atoms with Crippen LogP contribution in [0.4, 0.5) is 4.39 Å². The lowest BCUT2D eigenvalue weighted by atomic mass is 9.74. The number of hydrogen-bond acceptors (Lipinski definition) is 3. The number of benzene rings is 2. The fourth-order valence-corrected chi connectivity index (χ4v) is 4.29. The highest BCUT2D eigenvalue weighted by atomic mass is 19.1. The van der Waals surface area contributed by atoms with Crippen LogP contribution in [0.1, 0.15) is 36.8 Å². The third-order valence-electron chi connectivity index (χ3n) is 5.61. The van der Waals surface area contributed by atoms with E-state index in [9.17, 15) is 9.50 Å². The molecule has 0 spiro atoms. The number of rotatable bonds is 5. The molecule has 0 aromatic heterocycles. The molecule has 0 amide bonds. The van der Waals surface area contributed by atoms with Crippen LogP contribution in [0.5, 0.6) is 5.75 Å². The summed E-state index contributed by atoms with van der Waals surface area (Å²) in [6.07, 6.45) is 5.80. The van der Waals surface area contributed by atoms with Gasteiger partial charge in [-0.05, 0) is 74.3 Å². The van der Waals surface area contributed by atoms with E-state index in [1.807, 2.05) is 44.4 Å². The van der Waals surface area contributed by atoms with Crippen LogP contribution in [0, 0.1) is 11.7 Å². The van der Waals surface area contributed by atoms with Crippen molar-refractivity contribution >= 4 is 6.08 Å². The van der Waals surface area contributed by atoms with Gasteiger partial charge in [0.2, 0.25) is 0 Å². The molecule has 0 bridgehead atoms. The molecule has 0 aliphatic heterocycles. The van der Waals surface area contributed by atoms with Gasteiger partial charge < -0.3 is 14.7 Å². The monoisotopic (exact) mass is 383 g/mol. The summed E-state index contributed by atoms with van der Waals surface area (Å²) in [5, 5.41) is 12.1. The first kappa shape index (κ1) is 20.6. The SMILES string of the molecule is COc1cccc(/C=C2\CCCCC(CN(C)C)C2(O)c2cccc(F)c2)c1. The molecule has 1 aliphatic carbocycles. The molecule has 1 saturated carbocycles. The van der Waals surface area contributed by atoms with E-state index in [0.29, 0.717) is 5.56 Å². The minimum absolute atomic E-state index is 0.0105. The van der Waals surface area contributed by atoms with Crippen LogP contribution in [0.25, 0.3) is 6.08 Å². The Balaban J connectivity index is 2.14. The normalized spacial score (nSPS) is 24.4. The van der Waals surface area contributed by atoms with Crippen LogP contribution in [0.2, 0.25) is 0 Å². The van der Waals surface area contributed by atoms with Gasteiger partial charge in [-0.2, -0.15) is 0 Å². The zero-order valence-electron chi connectivity index (χ0n) is 17.0. The minimum Gasteiger partial charge on any atom is -0.497 e. The Labute approximate surface area is 167 Å². The van der Waals surface area contributed by atoms with Crippen LogP contribution in [-0.4, -0.2) is 37.8 Å². The average molecular weight is 384 g/mol. The van der Waals surface area contributed by atoms with Gasteiger partial charge in [0.15, 0.2) is 0 Å². The highest BCUT2D eigenvalue weighted by molar-refractivity contribution is 5.58. The van der Waals surface area contributed by atoms with Crippen molar-refractivity contribution in [3.8, 4) is 5.75 Å². The van der Waals surface area contributed by atoms with Crippen LogP contribution >= 0.6 is 0 Å². The standard InChI is InChI=1S/C24H30FNO2/c1-26(2)17-21-10-5-4-9-19(14-18-8-6-13-23(15-18)28-3)24(21,27)20-11-7-12-22(25)16-20/h6-8,11-16,21,27H,4-5,9-10,17H2,1-3H3/b19-14+. The molecule has 3 nitrogen and oxygen atoms in total. The van der Waals surface area contributed by atoms with Crippen molar-refractivity contribution in [2.45, 2.75) is 31.3 Å². The molecule has 28 heavy (non-hydrogen) atoms. The predicted octanol–water partition coefficient (Wildman–Crippen LogP) is 4.86. The molecule has 2 aromatic carbocycles. The van der Waals surface area contributed by atoms with Gasteiger partial charge in [0.05, 0.1) is 7.11 Å². The van der Waals surface area contributed by atoms with Crippen molar-refractivity contribution in [1.82, 2.24) is 4.90 Å². The van der Waals surface area contributed by atoms with Crippen molar-refractivity contribution in [3.05, 3.63) is 71.0 Å². The summed E-state index contributed by atoms with van der Waals surface area (Å²) in [7, 11) is 5.68. The molecule has 150 valence electrons. The molecular weight excluding hydrogens is 353 g/mol. The maximum atomic E-state index is 14.1. The fourth-order valence-electron chi connectivity index (χ4n) is 4.29. The van der Waals surface area contributed by atoms with Crippen molar-refractivity contribution < 1.29 is 14.2 Å². The van der Waals surface area contributed by atoms with E-state index in [-0.39, 0.29) is 11.7 Å². The molecule has 2 aromatic rings. The van der Waals surface area contributed by atoms with Gasteiger partial charge in [-0.25, -0.2) is 4.39 Å². The number of hydrogen-bond donors (Lipinski definition) is 1. The maximum Gasteiger partial charge on any atom is 0.123 e. The second-order valence-electron chi connectivity index (χ2n) is 7.93. The first-order valence-electron chi connectivity index (χ1n) is 9.91. The molecule has 2 unspecified atom stereocenters. The van der Waals surface area contributed by atoms with E-state index in [0.717, 1.165) is 49.1 Å². The Bertz CT molecular complexity index is 833. The average Bonchev–Trinajstić information content (AvgIpc) is 2.82. The molecule has 1 aliphatic rings. The molecule has 0 saturated heterocycles. The summed E-state index contributed by atoms with van der Waals surface area (Å²) in [5.74, 6) is 0.449. The Morgan fingerprint density at radius 2 is 1.96 bits per heavy atom. The highest BCUT2D eigenvalue weighted by Gasteiger charge is 2.43. The molecule has 3 rings (SSSR count). The smallest absolute Gasteiger partial charge is 0.123 e. The van der Waals surface area contributed by atoms with Crippen LogP contribution in [0.3, 0.4) is 0 Å². The van der Waals surface area contributed by atoms with Gasteiger partial charge in [-0.15, -0.1) is 0 Å². The van der Waals surface area contributed by atoms with Gasteiger partial charge in [0, 0.05) is 12.5 Å². The largest absolute Gasteiger partial charge is 0.497 e. The summed E-state index contributed by atoms with van der Waals surface area (Å²) in [5.41, 5.74) is 1.35. The first-order valence-corrected chi connectivity index (χ1v) is 9.91. The van der Waals surface area contributed by atoms with Gasteiger partial charge in [0.25, 0.3) is 0 Å². The Kier molecular flexibility index (Phi) is 6.53. The van der Waals surface area contributed by atoms with Crippen molar-refractivity contribution in [3.63, 3.8) is 0 Å².